The van der Waals surface area contributed by atoms with Crippen LogP contribution in [0.25, 0.3) is 27.8 Å². The molecule has 0 bridgehead atoms. The van der Waals surface area contributed by atoms with Crippen LogP contribution in [0.15, 0.2) is 72.8 Å². The van der Waals surface area contributed by atoms with Gasteiger partial charge in [-0.25, -0.2) is 9.48 Å². The summed E-state index contributed by atoms with van der Waals surface area (Å²) >= 11 is 0. The predicted molar refractivity (Wildman–Crippen MR) is 98.4 cm³/mol. The first-order valence-corrected chi connectivity index (χ1v) is 8.04. The summed E-state index contributed by atoms with van der Waals surface area (Å²) in [6, 6.07) is 21.7. The molecule has 0 radical (unpaired) electrons. The van der Waals surface area contributed by atoms with Gasteiger partial charge in [0.2, 0.25) is 0 Å². The molecule has 0 saturated carbocycles. The molecule has 128 valence electrons. The summed E-state index contributed by atoms with van der Waals surface area (Å²) in [4.78, 5) is 11.1. The Bertz CT molecular complexity index is 1080. The number of quaternary nitrogens is 1. The number of carbonyl (C=O) groups is 1. The Labute approximate surface area is 148 Å². The number of nitrogens with zero attached hydrogens (tertiary/aromatic N) is 2. The molecule has 0 fully saturated rings. The number of nitrogens with two attached hydrogens (primary N) is 1. The van der Waals surface area contributed by atoms with Gasteiger partial charge in [0.1, 0.15) is 11.4 Å². The van der Waals surface area contributed by atoms with E-state index in [1.165, 1.54) is 0 Å². The molecule has 3 aromatic carbocycles. The number of aromatic carboxylic acids is 1. The molecule has 0 unspecified atom stereocenters. The number of carboxylic acid groups (broad SMARTS) is 1. The molecule has 1 aromatic heterocycles. The molecule has 0 aliphatic rings. The van der Waals surface area contributed by atoms with E-state index < -0.39 is 5.97 Å². The largest absolute Gasteiger partial charge is 0.630 e. The highest BCUT2D eigenvalue weighted by Gasteiger charge is 2.14. The van der Waals surface area contributed by atoms with Crippen molar-refractivity contribution >= 4 is 22.6 Å². The van der Waals surface area contributed by atoms with E-state index in [9.17, 15) is 10.0 Å². The Morgan fingerprint density at radius 3 is 2.31 bits per heavy atom. The zero-order valence-corrected chi connectivity index (χ0v) is 13.7. The quantitative estimate of drug-likeness (QED) is 0.439. The van der Waals surface area contributed by atoms with Crippen LogP contribution in [-0.4, -0.2) is 20.9 Å². The van der Waals surface area contributed by atoms with E-state index in [-0.39, 0.29) is 5.56 Å². The average molecular weight is 345 g/mol. The van der Waals surface area contributed by atoms with E-state index in [2.05, 4.69) is 0 Å². The first-order chi connectivity index (χ1) is 12.7. The topological polar surface area (TPSA) is 94.8 Å². The number of carboxylic acids is 1. The average Bonchev–Trinajstić information content (AvgIpc) is 3.08. The summed E-state index contributed by atoms with van der Waals surface area (Å²) in [6.45, 7) is 0. The molecular weight excluding hydrogens is 330 g/mol. The third-order valence-electron chi connectivity index (χ3n) is 4.27. The van der Waals surface area contributed by atoms with Gasteiger partial charge in [-0.3, -0.25) is 0 Å². The molecule has 26 heavy (non-hydrogen) atoms. The van der Waals surface area contributed by atoms with Crippen LogP contribution < -0.4 is 5.48 Å². The number of benzene rings is 3. The standard InChI is InChI=1S/C20H15N3O3/c24-20(25)14-7-11-16(12-8-14)23-18-4-2-1-3-17(18)19(21-23)13-5-9-15(22-26)10-6-13/h1-12H,22H2,(H,24,25). The van der Waals surface area contributed by atoms with E-state index in [1.807, 2.05) is 36.4 Å². The Morgan fingerprint density at radius 2 is 1.65 bits per heavy atom. The van der Waals surface area contributed by atoms with Crippen LogP contribution >= 0.6 is 0 Å². The van der Waals surface area contributed by atoms with Crippen molar-refractivity contribution in [3.05, 3.63) is 83.6 Å². The van der Waals surface area contributed by atoms with Gasteiger partial charge in [-0.1, -0.05) is 18.2 Å². The minimum absolute atomic E-state index is 0.231. The Hall–Kier alpha value is -3.48. The lowest BCUT2D eigenvalue weighted by Gasteiger charge is -2.04. The lowest BCUT2D eigenvalue weighted by molar-refractivity contribution is -0.497. The molecular formula is C20H15N3O3. The van der Waals surface area contributed by atoms with Gasteiger partial charge in [-0.15, -0.1) is 0 Å². The normalized spacial score (nSPS) is 11.0. The first-order valence-electron chi connectivity index (χ1n) is 8.04. The number of hydrogen-bond acceptors (Lipinski definition) is 3. The summed E-state index contributed by atoms with van der Waals surface area (Å²) in [5.41, 5.74) is 5.07. The van der Waals surface area contributed by atoms with Crippen molar-refractivity contribution in [2.45, 2.75) is 0 Å². The van der Waals surface area contributed by atoms with Crippen molar-refractivity contribution in [2.24, 2.45) is 0 Å². The predicted octanol–water partition coefficient (Wildman–Crippen LogP) is 3.08. The first kappa shape index (κ1) is 16.0. The minimum atomic E-state index is -0.960. The van der Waals surface area contributed by atoms with Gasteiger partial charge in [0.15, 0.2) is 0 Å². The Morgan fingerprint density at radius 1 is 0.962 bits per heavy atom. The molecule has 0 amide bonds. The van der Waals surface area contributed by atoms with Crippen LogP contribution in [0.2, 0.25) is 0 Å². The molecule has 4 rings (SSSR count). The van der Waals surface area contributed by atoms with Crippen LogP contribution in [0, 0.1) is 5.21 Å². The van der Waals surface area contributed by atoms with Crippen LogP contribution in [0.3, 0.4) is 0 Å². The van der Waals surface area contributed by atoms with Crippen molar-refractivity contribution in [3.8, 4) is 16.9 Å². The molecule has 6 nitrogen and oxygen atoms in total. The van der Waals surface area contributed by atoms with Gasteiger partial charge >= 0.3 is 5.97 Å². The summed E-state index contributed by atoms with van der Waals surface area (Å²) in [5.74, 6) is -0.960. The van der Waals surface area contributed by atoms with Gasteiger partial charge in [0.05, 0.1) is 16.8 Å². The zero-order valence-electron chi connectivity index (χ0n) is 13.7. The van der Waals surface area contributed by atoms with Crippen molar-refractivity contribution in [1.29, 1.82) is 0 Å². The van der Waals surface area contributed by atoms with Crippen molar-refractivity contribution in [2.75, 3.05) is 0 Å². The third kappa shape index (κ3) is 2.73. The molecule has 0 atom stereocenters. The van der Waals surface area contributed by atoms with Gasteiger partial charge in [0.25, 0.3) is 0 Å². The number of fused-ring (bicyclic) bond motifs is 1. The van der Waals surface area contributed by atoms with Crippen LogP contribution in [0.1, 0.15) is 10.4 Å². The molecule has 0 spiro atoms. The van der Waals surface area contributed by atoms with Gasteiger partial charge in [-0.2, -0.15) is 5.10 Å². The summed E-state index contributed by atoms with van der Waals surface area (Å²) in [5, 5.41) is 25.7. The van der Waals surface area contributed by atoms with E-state index in [4.69, 9.17) is 10.2 Å². The Balaban J connectivity index is 1.87. The molecule has 1 heterocycles. The fraction of sp³-hybridized carbons (Fsp3) is 0. The minimum Gasteiger partial charge on any atom is -0.630 e. The van der Waals surface area contributed by atoms with Gasteiger partial charge in [-0.05, 0) is 54.6 Å². The van der Waals surface area contributed by atoms with Crippen LogP contribution in [0.4, 0.5) is 5.69 Å². The van der Waals surface area contributed by atoms with Crippen molar-refractivity contribution in [1.82, 2.24) is 9.78 Å². The maximum absolute atomic E-state index is 11.1. The second kappa shape index (κ2) is 6.44. The molecule has 3 N–H and O–H groups in total. The number of para-hydroxylation sites is 1. The maximum Gasteiger partial charge on any atom is 0.335 e. The maximum atomic E-state index is 11.1. The monoisotopic (exact) mass is 345 g/mol. The number of aromatic nitrogens is 2. The smallest absolute Gasteiger partial charge is 0.335 e. The summed E-state index contributed by atoms with van der Waals surface area (Å²) in [6.07, 6.45) is 0. The van der Waals surface area contributed by atoms with Crippen molar-refractivity contribution in [3.63, 3.8) is 0 Å². The Kier molecular flexibility index (Phi) is 3.96. The van der Waals surface area contributed by atoms with Crippen LogP contribution in [0.5, 0.6) is 0 Å². The second-order valence-electron chi connectivity index (χ2n) is 5.87. The van der Waals surface area contributed by atoms with E-state index in [0.717, 1.165) is 33.3 Å². The number of rotatable bonds is 4. The fourth-order valence-electron chi connectivity index (χ4n) is 2.94. The highest BCUT2D eigenvalue weighted by Crippen LogP contribution is 2.30. The van der Waals surface area contributed by atoms with E-state index >= 15 is 0 Å². The lowest BCUT2D eigenvalue weighted by atomic mass is 10.1. The zero-order chi connectivity index (χ0) is 18.1. The fourth-order valence-corrected chi connectivity index (χ4v) is 2.94. The van der Waals surface area contributed by atoms with Crippen molar-refractivity contribution < 1.29 is 15.4 Å². The third-order valence-corrected chi connectivity index (χ3v) is 4.27. The van der Waals surface area contributed by atoms with Crippen LogP contribution in [-0.2, 0) is 0 Å². The summed E-state index contributed by atoms with van der Waals surface area (Å²) in [7, 11) is 0. The second-order valence-corrected chi connectivity index (χ2v) is 5.87. The molecule has 0 saturated heterocycles. The van der Waals surface area contributed by atoms with E-state index in [1.54, 1.807) is 41.1 Å². The highest BCUT2D eigenvalue weighted by atomic mass is 16.5. The molecule has 0 aliphatic carbocycles. The number of hydrogen-bond donors (Lipinski definition) is 2. The van der Waals surface area contributed by atoms with Gasteiger partial charge < -0.3 is 15.8 Å². The van der Waals surface area contributed by atoms with Gasteiger partial charge in [0, 0.05) is 10.9 Å². The lowest BCUT2D eigenvalue weighted by Crippen LogP contribution is -2.70. The SMILES string of the molecule is O=C(O)c1ccc(-n2nc(-c3ccc([NH2+][O-])cc3)c3ccccc32)cc1. The molecule has 6 heteroatoms. The highest BCUT2D eigenvalue weighted by molar-refractivity contribution is 5.94. The van der Waals surface area contributed by atoms with E-state index in [0.29, 0.717) is 5.69 Å². The molecule has 4 aromatic rings. The summed E-state index contributed by atoms with van der Waals surface area (Å²) < 4.78 is 1.80. The molecule has 0 aliphatic heterocycles.